The predicted molar refractivity (Wildman–Crippen MR) is 27.8 cm³/mol. The summed E-state index contributed by atoms with van der Waals surface area (Å²) < 4.78 is 12.1. The monoisotopic (exact) mass is 117 g/mol. The van der Waals surface area contributed by atoms with Gasteiger partial charge in [0.2, 0.25) is 0 Å². The summed E-state index contributed by atoms with van der Waals surface area (Å²) in [5.74, 6) is 0. The molecule has 0 aromatic heterocycles. The summed E-state index contributed by atoms with van der Waals surface area (Å²) in [5.41, 5.74) is 5.26. The lowest BCUT2D eigenvalue weighted by Crippen LogP contribution is -2.31. The summed E-state index contributed by atoms with van der Waals surface area (Å²) in [6.45, 7) is 0. The minimum absolute atomic E-state index is 0.324. The molecule has 0 saturated heterocycles. The second-order valence-corrected chi connectivity index (χ2v) is 1.85. The molecule has 0 radical (unpaired) electrons. The molecular weight excluding hydrogens is 109 g/mol. The lowest BCUT2D eigenvalue weighted by Gasteiger charge is -2.21. The van der Waals surface area contributed by atoms with Crippen LogP contribution in [-0.4, -0.2) is 17.5 Å². The number of halogens is 1. The molecule has 3 N–H and O–H groups in total. The van der Waals surface area contributed by atoms with Gasteiger partial charge in [-0.25, -0.2) is 4.39 Å². The third-order valence-electron chi connectivity index (χ3n) is 1.26. The molecule has 0 aromatic rings. The van der Waals surface area contributed by atoms with Crippen LogP contribution in [0.25, 0.3) is 0 Å². The SMILES string of the molecule is NC(O)C1=CC[C@H]1F. The van der Waals surface area contributed by atoms with Crippen LogP contribution in [0.5, 0.6) is 0 Å². The number of alkyl halides is 1. The zero-order valence-corrected chi connectivity index (χ0v) is 4.34. The second kappa shape index (κ2) is 1.84. The molecule has 0 amide bonds. The van der Waals surface area contributed by atoms with E-state index in [9.17, 15) is 4.39 Å². The number of hydrogen-bond acceptors (Lipinski definition) is 2. The Balaban J connectivity index is 2.49. The average molecular weight is 117 g/mol. The summed E-state index contributed by atoms with van der Waals surface area (Å²) in [6, 6.07) is 0. The van der Waals surface area contributed by atoms with Gasteiger partial charge >= 0.3 is 0 Å². The standard InChI is InChI=1S/C5H8FNO/c6-4-2-1-3(4)5(7)8/h1,4-5,8H,2,7H2/t4-,5?/m1/s1. The zero-order valence-electron chi connectivity index (χ0n) is 4.34. The van der Waals surface area contributed by atoms with Gasteiger partial charge in [-0.2, -0.15) is 0 Å². The van der Waals surface area contributed by atoms with Crippen molar-refractivity contribution >= 4 is 0 Å². The van der Waals surface area contributed by atoms with Crippen molar-refractivity contribution in [2.75, 3.05) is 0 Å². The van der Waals surface area contributed by atoms with E-state index in [1.807, 2.05) is 0 Å². The van der Waals surface area contributed by atoms with E-state index in [2.05, 4.69) is 0 Å². The number of aliphatic hydroxyl groups excluding tert-OH is 1. The maximum Gasteiger partial charge on any atom is 0.128 e. The van der Waals surface area contributed by atoms with Crippen LogP contribution in [0.2, 0.25) is 0 Å². The molecule has 0 spiro atoms. The van der Waals surface area contributed by atoms with Crippen molar-refractivity contribution in [3.63, 3.8) is 0 Å². The molecule has 1 unspecified atom stereocenters. The second-order valence-electron chi connectivity index (χ2n) is 1.85. The Hall–Kier alpha value is -0.410. The van der Waals surface area contributed by atoms with E-state index in [4.69, 9.17) is 10.8 Å². The molecule has 1 aliphatic rings. The number of allylic oxidation sites excluding steroid dienone is 1. The summed E-state index contributed by atoms with van der Waals surface area (Å²) in [7, 11) is 0. The number of hydrogen-bond donors (Lipinski definition) is 2. The van der Waals surface area contributed by atoms with Crippen LogP contribution in [0.1, 0.15) is 6.42 Å². The van der Waals surface area contributed by atoms with E-state index in [1.165, 1.54) is 0 Å². The summed E-state index contributed by atoms with van der Waals surface area (Å²) in [4.78, 5) is 0. The fourth-order valence-corrected chi connectivity index (χ4v) is 0.649. The molecule has 3 heteroatoms. The van der Waals surface area contributed by atoms with Crippen molar-refractivity contribution < 1.29 is 9.50 Å². The zero-order chi connectivity index (χ0) is 6.15. The van der Waals surface area contributed by atoms with Crippen molar-refractivity contribution in [2.24, 2.45) is 5.73 Å². The van der Waals surface area contributed by atoms with Gasteiger partial charge in [-0.3, -0.25) is 0 Å². The maximum atomic E-state index is 12.1. The van der Waals surface area contributed by atoms with E-state index in [-0.39, 0.29) is 0 Å². The van der Waals surface area contributed by atoms with E-state index in [0.717, 1.165) is 0 Å². The van der Waals surface area contributed by atoms with Crippen molar-refractivity contribution in [2.45, 2.75) is 18.8 Å². The van der Waals surface area contributed by atoms with Gasteiger partial charge < -0.3 is 10.8 Å². The summed E-state index contributed by atoms with van der Waals surface area (Å²) in [5, 5.41) is 8.51. The Bertz CT molecular complexity index is 122. The van der Waals surface area contributed by atoms with Crippen molar-refractivity contribution in [1.29, 1.82) is 0 Å². The highest BCUT2D eigenvalue weighted by atomic mass is 19.1. The molecule has 0 aromatic carbocycles. The van der Waals surface area contributed by atoms with Crippen LogP contribution in [0.3, 0.4) is 0 Å². The quantitative estimate of drug-likeness (QED) is 0.373. The first-order chi connectivity index (χ1) is 3.72. The maximum absolute atomic E-state index is 12.1. The molecule has 8 heavy (non-hydrogen) atoms. The van der Waals surface area contributed by atoms with E-state index < -0.39 is 12.4 Å². The molecule has 46 valence electrons. The first-order valence-corrected chi connectivity index (χ1v) is 2.49. The van der Waals surface area contributed by atoms with Crippen LogP contribution < -0.4 is 5.73 Å². The molecule has 0 fully saturated rings. The van der Waals surface area contributed by atoms with Crippen LogP contribution >= 0.6 is 0 Å². The molecule has 2 nitrogen and oxygen atoms in total. The van der Waals surface area contributed by atoms with E-state index >= 15 is 0 Å². The molecule has 2 atom stereocenters. The van der Waals surface area contributed by atoms with E-state index in [1.54, 1.807) is 6.08 Å². The topological polar surface area (TPSA) is 46.2 Å². The Kier molecular flexibility index (Phi) is 1.31. The smallest absolute Gasteiger partial charge is 0.128 e. The van der Waals surface area contributed by atoms with Crippen molar-refractivity contribution in [3.8, 4) is 0 Å². The van der Waals surface area contributed by atoms with E-state index in [0.29, 0.717) is 12.0 Å². The van der Waals surface area contributed by atoms with Crippen LogP contribution in [0, 0.1) is 0 Å². The highest BCUT2D eigenvalue weighted by Crippen LogP contribution is 2.23. The first kappa shape index (κ1) is 5.72. The van der Waals surface area contributed by atoms with Gasteiger partial charge in [0.25, 0.3) is 0 Å². The minimum Gasteiger partial charge on any atom is -0.375 e. The van der Waals surface area contributed by atoms with Gasteiger partial charge in [0.1, 0.15) is 12.4 Å². The first-order valence-electron chi connectivity index (χ1n) is 2.49. The van der Waals surface area contributed by atoms with Gasteiger partial charge in [0, 0.05) is 12.0 Å². The van der Waals surface area contributed by atoms with Gasteiger partial charge in [-0.15, -0.1) is 0 Å². The van der Waals surface area contributed by atoms with Gasteiger partial charge in [-0.05, 0) is 0 Å². The van der Waals surface area contributed by atoms with Gasteiger partial charge in [-0.1, -0.05) is 6.08 Å². The summed E-state index contributed by atoms with van der Waals surface area (Å²) in [6.07, 6.45) is -0.0624. The Morgan fingerprint density at radius 1 is 2.00 bits per heavy atom. The molecule has 1 rings (SSSR count). The third-order valence-corrected chi connectivity index (χ3v) is 1.26. The van der Waals surface area contributed by atoms with Crippen LogP contribution in [0.15, 0.2) is 11.6 Å². The number of nitrogens with two attached hydrogens (primary N) is 1. The Morgan fingerprint density at radius 2 is 2.62 bits per heavy atom. The fraction of sp³-hybridized carbons (Fsp3) is 0.600. The van der Waals surface area contributed by atoms with Crippen molar-refractivity contribution in [1.82, 2.24) is 0 Å². The van der Waals surface area contributed by atoms with Crippen molar-refractivity contribution in [3.05, 3.63) is 11.6 Å². The summed E-state index contributed by atoms with van der Waals surface area (Å²) >= 11 is 0. The lowest BCUT2D eigenvalue weighted by molar-refractivity contribution is 0.180. The minimum atomic E-state index is -1.08. The molecule has 1 aliphatic carbocycles. The van der Waals surface area contributed by atoms with Crippen LogP contribution in [0.4, 0.5) is 4.39 Å². The third kappa shape index (κ3) is 0.743. The average Bonchev–Trinajstić information content (AvgIpc) is 1.61. The number of aliphatic hydroxyl groups is 1. The van der Waals surface area contributed by atoms with Crippen LogP contribution in [-0.2, 0) is 0 Å². The normalized spacial score (nSPS) is 30.9. The lowest BCUT2D eigenvalue weighted by atomic mass is 9.95. The predicted octanol–water partition coefficient (Wildman–Crippen LogP) is -0.0683. The molecule has 0 saturated carbocycles. The molecule has 0 aliphatic heterocycles. The Labute approximate surface area is 46.8 Å². The number of rotatable bonds is 1. The largest absolute Gasteiger partial charge is 0.375 e. The molecule has 0 bridgehead atoms. The molecular formula is C5H8FNO. The highest BCUT2D eigenvalue weighted by Gasteiger charge is 2.23. The Morgan fingerprint density at radius 3 is 2.62 bits per heavy atom. The molecule has 0 heterocycles. The van der Waals surface area contributed by atoms with Gasteiger partial charge in [0.15, 0.2) is 0 Å². The fourth-order valence-electron chi connectivity index (χ4n) is 0.649. The highest BCUT2D eigenvalue weighted by molar-refractivity contribution is 5.22. The van der Waals surface area contributed by atoms with Gasteiger partial charge in [0.05, 0.1) is 0 Å².